The van der Waals surface area contributed by atoms with Crippen LogP contribution in [0.4, 0.5) is 0 Å². The largest absolute Gasteiger partial charge is 0.494 e. The zero-order valence-electron chi connectivity index (χ0n) is 17.8. The molecule has 31 heavy (non-hydrogen) atoms. The summed E-state index contributed by atoms with van der Waals surface area (Å²) in [5.74, 6) is 1.57. The third-order valence-electron chi connectivity index (χ3n) is 4.94. The molecule has 0 radical (unpaired) electrons. The van der Waals surface area contributed by atoms with E-state index in [1.807, 2.05) is 42.5 Å². The van der Waals surface area contributed by atoms with E-state index in [0.29, 0.717) is 37.1 Å². The molecular weight excluding hydrogens is 527 g/mol. The summed E-state index contributed by atoms with van der Waals surface area (Å²) < 4.78 is 32.4. The molecule has 2 N–H and O–H groups in total. The molecule has 1 aliphatic rings. The van der Waals surface area contributed by atoms with E-state index in [0.717, 1.165) is 37.1 Å². The molecular formula is C22H31IN4O3S. The highest BCUT2D eigenvalue weighted by Gasteiger charge is 2.26. The van der Waals surface area contributed by atoms with Gasteiger partial charge in [0.15, 0.2) is 5.96 Å². The minimum atomic E-state index is -3.36. The molecule has 3 rings (SSSR count). The fourth-order valence-electron chi connectivity index (χ4n) is 3.25. The van der Waals surface area contributed by atoms with Gasteiger partial charge in [-0.2, -0.15) is 4.31 Å². The molecule has 0 saturated carbocycles. The number of benzene rings is 2. The lowest BCUT2D eigenvalue weighted by molar-refractivity contribution is 0.311. The molecule has 2 aromatic carbocycles. The van der Waals surface area contributed by atoms with Crippen LogP contribution in [0.3, 0.4) is 0 Å². The topological polar surface area (TPSA) is 83.0 Å². The lowest BCUT2D eigenvalue weighted by atomic mass is 10.2. The van der Waals surface area contributed by atoms with Gasteiger partial charge in [-0.1, -0.05) is 30.3 Å². The molecule has 0 bridgehead atoms. The maximum Gasteiger partial charge on any atom is 0.243 e. The van der Waals surface area contributed by atoms with Gasteiger partial charge in [0.05, 0.1) is 11.5 Å². The number of aliphatic imine (C=N–C) groups is 1. The average molecular weight is 558 g/mol. The van der Waals surface area contributed by atoms with Crippen LogP contribution in [0.2, 0.25) is 0 Å². The number of ether oxygens (including phenoxy) is 1. The molecule has 0 aliphatic carbocycles. The first-order chi connectivity index (χ1) is 14.6. The fourth-order valence-corrected chi connectivity index (χ4v) is 4.77. The van der Waals surface area contributed by atoms with Gasteiger partial charge in [-0.25, -0.2) is 8.42 Å². The van der Waals surface area contributed by atoms with E-state index in [4.69, 9.17) is 4.74 Å². The summed E-state index contributed by atoms with van der Waals surface area (Å²) >= 11 is 0. The van der Waals surface area contributed by atoms with Crippen molar-refractivity contribution in [2.45, 2.75) is 30.7 Å². The molecule has 0 atom stereocenters. The predicted octanol–water partition coefficient (Wildman–Crippen LogP) is 3.22. The Balaban J connectivity index is 0.00000341. The second-order valence-electron chi connectivity index (χ2n) is 7.12. The van der Waals surface area contributed by atoms with E-state index in [2.05, 4.69) is 15.6 Å². The van der Waals surface area contributed by atoms with Crippen molar-refractivity contribution < 1.29 is 13.2 Å². The summed E-state index contributed by atoms with van der Waals surface area (Å²) in [6.07, 6.45) is 2.72. The number of guanidine groups is 1. The summed E-state index contributed by atoms with van der Waals surface area (Å²) in [7, 11) is -1.64. The summed E-state index contributed by atoms with van der Waals surface area (Å²) in [4.78, 5) is 4.57. The molecule has 1 fully saturated rings. The Bertz CT molecular complexity index is 916. The first kappa shape index (κ1) is 25.4. The number of halogens is 1. The summed E-state index contributed by atoms with van der Waals surface area (Å²) in [6, 6.07) is 16.8. The van der Waals surface area contributed by atoms with Crippen LogP contribution in [-0.4, -0.2) is 52.0 Å². The van der Waals surface area contributed by atoms with E-state index in [9.17, 15) is 8.42 Å². The number of hydrogen-bond donors (Lipinski definition) is 2. The number of nitrogens with zero attached hydrogens (tertiary/aromatic N) is 2. The fraction of sp³-hybridized carbons (Fsp3) is 0.409. The van der Waals surface area contributed by atoms with Crippen molar-refractivity contribution in [2.75, 3.05) is 33.3 Å². The van der Waals surface area contributed by atoms with Gasteiger partial charge in [-0.05, 0) is 49.1 Å². The van der Waals surface area contributed by atoms with Gasteiger partial charge in [0.2, 0.25) is 10.0 Å². The van der Waals surface area contributed by atoms with E-state index in [-0.39, 0.29) is 24.0 Å². The van der Waals surface area contributed by atoms with E-state index in [1.165, 1.54) is 0 Å². The summed E-state index contributed by atoms with van der Waals surface area (Å²) in [5, 5.41) is 6.50. The zero-order chi connectivity index (χ0) is 21.2. The van der Waals surface area contributed by atoms with Gasteiger partial charge in [-0.15, -0.1) is 24.0 Å². The molecule has 7 nitrogen and oxygen atoms in total. The van der Waals surface area contributed by atoms with Gasteiger partial charge in [0.1, 0.15) is 5.75 Å². The zero-order valence-corrected chi connectivity index (χ0v) is 20.9. The molecule has 170 valence electrons. The Hall–Kier alpha value is -1.85. The first-order valence-corrected chi connectivity index (χ1v) is 11.7. The van der Waals surface area contributed by atoms with Gasteiger partial charge >= 0.3 is 0 Å². The molecule has 1 heterocycles. The van der Waals surface area contributed by atoms with Gasteiger partial charge in [-0.3, -0.25) is 4.99 Å². The van der Waals surface area contributed by atoms with E-state index >= 15 is 0 Å². The molecule has 0 unspecified atom stereocenters. The summed E-state index contributed by atoms with van der Waals surface area (Å²) in [5.41, 5.74) is 0.991. The number of nitrogens with one attached hydrogen (secondary N) is 2. The highest BCUT2D eigenvalue weighted by molar-refractivity contribution is 14.0. The standard InChI is InChI=1S/C22H30N4O3S.HI/c1-23-22(24-14-7-17-29-20-8-3-2-4-9-20)25-18-19-10-12-21(13-11-19)30(27,28)26-15-5-6-16-26;/h2-4,8-13H,5-7,14-18H2,1H3,(H2,23,24,25);1H. The van der Waals surface area contributed by atoms with Crippen molar-refractivity contribution in [3.63, 3.8) is 0 Å². The molecule has 1 saturated heterocycles. The highest BCUT2D eigenvalue weighted by Crippen LogP contribution is 2.21. The smallest absolute Gasteiger partial charge is 0.243 e. The normalized spacial score (nSPS) is 14.7. The SMILES string of the molecule is CN=C(NCCCOc1ccccc1)NCc1ccc(S(=O)(=O)N2CCCC2)cc1.I. The number of para-hydroxylation sites is 1. The van der Waals surface area contributed by atoms with Gasteiger partial charge < -0.3 is 15.4 Å². The van der Waals surface area contributed by atoms with Crippen LogP contribution >= 0.6 is 24.0 Å². The Morgan fingerprint density at radius 2 is 1.71 bits per heavy atom. The van der Waals surface area contributed by atoms with Crippen LogP contribution in [0.1, 0.15) is 24.8 Å². The molecule has 0 spiro atoms. The Morgan fingerprint density at radius 1 is 1.03 bits per heavy atom. The van der Waals surface area contributed by atoms with Crippen LogP contribution in [0.15, 0.2) is 64.5 Å². The molecule has 0 aromatic heterocycles. The third kappa shape index (κ3) is 7.65. The van der Waals surface area contributed by atoms with Gasteiger partial charge in [0, 0.05) is 33.2 Å². The maximum absolute atomic E-state index is 12.6. The monoisotopic (exact) mass is 558 g/mol. The lowest BCUT2D eigenvalue weighted by Gasteiger charge is -2.16. The van der Waals surface area contributed by atoms with Crippen LogP contribution in [0.5, 0.6) is 5.75 Å². The van der Waals surface area contributed by atoms with Crippen molar-refractivity contribution in [1.82, 2.24) is 14.9 Å². The Kier molecular flexibility index (Phi) is 10.6. The van der Waals surface area contributed by atoms with Gasteiger partial charge in [0.25, 0.3) is 0 Å². The van der Waals surface area contributed by atoms with Crippen molar-refractivity contribution in [2.24, 2.45) is 4.99 Å². The number of rotatable bonds is 9. The Labute approximate surface area is 202 Å². The van der Waals surface area contributed by atoms with Crippen molar-refractivity contribution in [3.05, 3.63) is 60.2 Å². The minimum Gasteiger partial charge on any atom is -0.494 e. The first-order valence-electron chi connectivity index (χ1n) is 10.3. The van der Waals surface area contributed by atoms with E-state index < -0.39 is 10.0 Å². The highest BCUT2D eigenvalue weighted by atomic mass is 127. The van der Waals surface area contributed by atoms with Crippen molar-refractivity contribution in [3.8, 4) is 5.75 Å². The second kappa shape index (κ2) is 12.9. The molecule has 9 heteroatoms. The van der Waals surface area contributed by atoms with Crippen LogP contribution < -0.4 is 15.4 Å². The number of sulfonamides is 1. The Morgan fingerprint density at radius 3 is 2.35 bits per heavy atom. The number of hydrogen-bond acceptors (Lipinski definition) is 4. The second-order valence-corrected chi connectivity index (χ2v) is 9.06. The van der Waals surface area contributed by atoms with Crippen LogP contribution in [0, 0.1) is 0 Å². The van der Waals surface area contributed by atoms with Crippen molar-refractivity contribution in [1.29, 1.82) is 0 Å². The summed E-state index contributed by atoms with van der Waals surface area (Å²) in [6.45, 7) is 3.15. The quantitative estimate of drug-likeness (QED) is 0.214. The molecule has 2 aromatic rings. The van der Waals surface area contributed by atoms with Crippen LogP contribution in [0.25, 0.3) is 0 Å². The van der Waals surface area contributed by atoms with Crippen molar-refractivity contribution >= 4 is 40.0 Å². The third-order valence-corrected chi connectivity index (χ3v) is 6.85. The lowest BCUT2D eigenvalue weighted by Crippen LogP contribution is -2.37. The van der Waals surface area contributed by atoms with E-state index in [1.54, 1.807) is 23.5 Å². The minimum absolute atomic E-state index is 0. The average Bonchev–Trinajstić information content (AvgIpc) is 3.33. The van der Waals surface area contributed by atoms with Crippen LogP contribution in [-0.2, 0) is 16.6 Å². The maximum atomic E-state index is 12.6. The predicted molar refractivity (Wildman–Crippen MR) is 135 cm³/mol. The molecule has 0 amide bonds. The molecule has 1 aliphatic heterocycles.